The lowest BCUT2D eigenvalue weighted by atomic mass is 9.83. The van der Waals surface area contributed by atoms with E-state index in [4.69, 9.17) is 5.21 Å². The van der Waals surface area contributed by atoms with Crippen LogP contribution in [0.3, 0.4) is 0 Å². The van der Waals surface area contributed by atoms with Crippen LogP contribution in [0.4, 0.5) is 0 Å². The second-order valence-corrected chi connectivity index (χ2v) is 9.43. The third kappa shape index (κ3) is 5.33. The number of sulfone groups is 1. The number of hydrogen-bond acceptors (Lipinski definition) is 5. The maximum Gasteiger partial charge on any atom is 0.264 e. The predicted molar refractivity (Wildman–Crippen MR) is 101 cm³/mol. The minimum absolute atomic E-state index is 0.0436. The number of aliphatic hydroxyl groups excluding tert-OH is 1. The van der Waals surface area contributed by atoms with Gasteiger partial charge < -0.3 is 5.11 Å². The van der Waals surface area contributed by atoms with Crippen LogP contribution in [0.15, 0.2) is 24.3 Å². The van der Waals surface area contributed by atoms with E-state index in [-0.39, 0.29) is 18.4 Å². The van der Waals surface area contributed by atoms with Gasteiger partial charge in [0.2, 0.25) is 0 Å². The van der Waals surface area contributed by atoms with Gasteiger partial charge in [-0.3, -0.25) is 10.0 Å². The Morgan fingerprint density at radius 1 is 1.26 bits per heavy atom. The van der Waals surface area contributed by atoms with Crippen molar-refractivity contribution in [3.05, 3.63) is 35.4 Å². The highest BCUT2D eigenvalue weighted by Gasteiger charge is 2.43. The number of carbonyl (C=O) groups is 1. The Labute approximate surface area is 159 Å². The molecule has 1 fully saturated rings. The van der Waals surface area contributed by atoms with Gasteiger partial charge in [0, 0.05) is 17.7 Å². The molecule has 27 heavy (non-hydrogen) atoms. The van der Waals surface area contributed by atoms with E-state index in [0.29, 0.717) is 19.3 Å². The normalized spacial score (nSPS) is 20.7. The fraction of sp³-hybridized carbons (Fsp3) is 0.450. The van der Waals surface area contributed by atoms with Crippen LogP contribution in [-0.4, -0.2) is 41.7 Å². The predicted octanol–water partition coefficient (Wildman–Crippen LogP) is 1.05. The third-order valence-electron chi connectivity index (χ3n) is 4.90. The maximum absolute atomic E-state index is 12.0. The van der Waals surface area contributed by atoms with Crippen molar-refractivity contribution in [2.45, 2.75) is 43.5 Å². The number of aryl methyl sites for hydroxylation is 1. The highest BCUT2D eigenvalue weighted by atomic mass is 32.2. The van der Waals surface area contributed by atoms with Crippen molar-refractivity contribution in [1.82, 2.24) is 5.48 Å². The molecule has 0 saturated heterocycles. The second-order valence-electron chi connectivity index (χ2n) is 6.98. The molecule has 1 saturated carbocycles. The van der Waals surface area contributed by atoms with Gasteiger partial charge in [0.25, 0.3) is 5.91 Å². The molecule has 1 atom stereocenters. The highest BCUT2D eigenvalue weighted by molar-refractivity contribution is 7.92. The van der Waals surface area contributed by atoms with Crippen LogP contribution in [0, 0.1) is 29.6 Å². The zero-order valence-electron chi connectivity index (χ0n) is 15.3. The number of benzene rings is 1. The van der Waals surface area contributed by atoms with Crippen LogP contribution in [0.5, 0.6) is 0 Å². The van der Waals surface area contributed by atoms with E-state index in [1.54, 1.807) is 12.1 Å². The largest absolute Gasteiger partial charge is 0.393 e. The molecule has 1 unspecified atom stereocenters. The summed E-state index contributed by atoms with van der Waals surface area (Å²) in [5.74, 6) is 10.8. The van der Waals surface area contributed by atoms with Gasteiger partial charge >= 0.3 is 0 Å². The van der Waals surface area contributed by atoms with Crippen LogP contribution in [0.1, 0.15) is 37.3 Å². The number of hydrogen-bond donors (Lipinski definition) is 3. The summed E-state index contributed by atoms with van der Waals surface area (Å²) in [6.07, 6.45) is 2.58. The topological polar surface area (TPSA) is 104 Å². The molecule has 1 aromatic carbocycles. The highest BCUT2D eigenvalue weighted by Crippen LogP contribution is 2.26. The van der Waals surface area contributed by atoms with E-state index in [9.17, 15) is 18.3 Å². The number of rotatable bonds is 5. The Morgan fingerprint density at radius 2 is 1.89 bits per heavy atom. The third-order valence-corrected chi connectivity index (χ3v) is 6.93. The van der Waals surface area contributed by atoms with E-state index in [1.165, 1.54) is 12.4 Å². The van der Waals surface area contributed by atoms with Crippen molar-refractivity contribution in [2.24, 2.45) is 5.92 Å². The lowest BCUT2D eigenvalue weighted by molar-refractivity contribution is -0.131. The molecule has 1 aliphatic rings. The van der Waals surface area contributed by atoms with E-state index < -0.39 is 20.5 Å². The second kappa shape index (κ2) is 8.58. The van der Waals surface area contributed by atoms with Crippen molar-refractivity contribution in [1.29, 1.82) is 0 Å². The average Bonchev–Trinajstić information content (AvgIpc) is 2.60. The maximum atomic E-state index is 12.0. The minimum Gasteiger partial charge on any atom is -0.393 e. The van der Waals surface area contributed by atoms with Crippen LogP contribution in [0.2, 0.25) is 0 Å². The number of amides is 1. The molecule has 6 nitrogen and oxygen atoms in total. The fourth-order valence-electron chi connectivity index (χ4n) is 2.67. The standard InChI is InChI=1S/C20H23NO5S/c1-20(19(23)21-24,27(2,25)26)12-11-16-9-7-15(8-10-16)5-3-4-6-17-13-18(22)14-17/h7-10,17-18,22,24H,11-14H2,1-2H3,(H,21,23). The van der Waals surface area contributed by atoms with E-state index in [1.807, 2.05) is 12.1 Å². The van der Waals surface area contributed by atoms with Gasteiger partial charge in [-0.15, -0.1) is 0 Å². The quantitative estimate of drug-likeness (QED) is 0.397. The molecule has 0 spiro atoms. The SMILES string of the molecule is CC(CCc1ccc(C#CC#CC2CC(O)C2)cc1)(C(=O)NO)S(C)(=O)=O. The lowest BCUT2D eigenvalue weighted by Gasteiger charge is -2.26. The number of nitrogens with one attached hydrogen (secondary N) is 1. The molecule has 3 N–H and O–H groups in total. The minimum atomic E-state index is -3.70. The summed E-state index contributed by atoms with van der Waals surface area (Å²) in [6, 6.07) is 7.25. The van der Waals surface area contributed by atoms with Crippen LogP contribution in [0.25, 0.3) is 0 Å². The summed E-state index contributed by atoms with van der Waals surface area (Å²) in [5, 5.41) is 18.0. The zero-order chi connectivity index (χ0) is 20.1. The Morgan fingerprint density at radius 3 is 2.41 bits per heavy atom. The summed E-state index contributed by atoms with van der Waals surface area (Å²) in [4.78, 5) is 11.8. The number of carbonyl (C=O) groups excluding carboxylic acids is 1. The molecule has 0 aromatic heterocycles. The molecule has 0 radical (unpaired) electrons. The van der Waals surface area contributed by atoms with Gasteiger partial charge in [-0.2, -0.15) is 0 Å². The first-order valence-electron chi connectivity index (χ1n) is 8.58. The Bertz CT molecular complexity index is 909. The molecule has 0 bridgehead atoms. The van der Waals surface area contributed by atoms with Gasteiger partial charge in [0.1, 0.15) is 4.75 Å². The van der Waals surface area contributed by atoms with Crippen LogP contribution >= 0.6 is 0 Å². The number of aliphatic hydroxyl groups is 1. The number of hydroxylamine groups is 1. The molecule has 144 valence electrons. The van der Waals surface area contributed by atoms with Crippen molar-refractivity contribution < 1.29 is 23.5 Å². The molecular formula is C20H23NO5S. The molecule has 7 heteroatoms. The summed E-state index contributed by atoms with van der Waals surface area (Å²) in [5.41, 5.74) is 3.08. The smallest absolute Gasteiger partial charge is 0.264 e. The Balaban J connectivity index is 1.98. The summed E-state index contributed by atoms with van der Waals surface area (Å²) >= 11 is 0. The van der Waals surface area contributed by atoms with Crippen molar-refractivity contribution >= 4 is 15.7 Å². The zero-order valence-corrected chi connectivity index (χ0v) is 16.1. The van der Waals surface area contributed by atoms with Gasteiger partial charge in [0.15, 0.2) is 9.84 Å². The molecule has 2 rings (SSSR count). The molecule has 1 amide bonds. The molecule has 1 aromatic rings. The van der Waals surface area contributed by atoms with Crippen LogP contribution < -0.4 is 5.48 Å². The van der Waals surface area contributed by atoms with E-state index in [0.717, 1.165) is 17.4 Å². The first kappa shape index (κ1) is 21.0. The monoisotopic (exact) mass is 389 g/mol. The molecule has 1 aliphatic carbocycles. The van der Waals surface area contributed by atoms with Gasteiger partial charge in [-0.05, 0) is 62.1 Å². The summed E-state index contributed by atoms with van der Waals surface area (Å²) < 4.78 is 22.2. The van der Waals surface area contributed by atoms with E-state index in [2.05, 4.69) is 23.7 Å². The molecule has 0 heterocycles. The van der Waals surface area contributed by atoms with Gasteiger partial charge in [-0.1, -0.05) is 24.0 Å². The fourth-order valence-corrected chi connectivity index (χ4v) is 3.53. The Kier molecular flexibility index (Phi) is 6.67. The van der Waals surface area contributed by atoms with Gasteiger partial charge in [-0.25, -0.2) is 13.9 Å². The van der Waals surface area contributed by atoms with Crippen LogP contribution in [-0.2, 0) is 21.1 Å². The lowest BCUT2D eigenvalue weighted by Crippen LogP contribution is -2.49. The average molecular weight is 389 g/mol. The van der Waals surface area contributed by atoms with Crippen molar-refractivity contribution in [3.8, 4) is 23.7 Å². The molecule has 0 aliphatic heterocycles. The summed E-state index contributed by atoms with van der Waals surface area (Å²) in [7, 11) is -3.70. The Hall–Kier alpha value is -2.32. The van der Waals surface area contributed by atoms with Crippen molar-refractivity contribution in [2.75, 3.05) is 6.26 Å². The van der Waals surface area contributed by atoms with Gasteiger partial charge in [0.05, 0.1) is 6.10 Å². The van der Waals surface area contributed by atoms with Crippen molar-refractivity contribution in [3.63, 3.8) is 0 Å². The summed E-state index contributed by atoms with van der Waals surface area (Å²) in [6.45, 7) is 1.30. The molecular weight excluding hydrogens is 366 g/mol. The first-order valence-corrected chi connectivity index (χ1v) is 10.5. The first-order chi connectivity index (χ1) is 12.7. The van der Waals surface area contributed by atoms with E-state index >= 15 is 0 Å².